The molecular weight excluding hydrogens is 424 g/mol. The Morgan fingerprint density at radius 2 is 1.97 bits per heavy atom. The fourth-order valence-corrected chi connectivity index (χ4v) is 3.02. The number of aromatic nitrogens is 6. The lowest BCUT2D eigenvalue weighted by atomic mass is 10.2. The molecule has 4 rings (SSSR count). The Bertz CT molecular complexity index is 1230. The third-order valence-corrected chi connectivity index (χ3v) is 4.61. The fraction of sp³-hybridized carbons (Fsp3) is 0.250. The smallest absolute Gasteiger partial charge is 0.387 e. The van der Waals surface area contributed by atoms with Crippen LogP contribution >= 0.6 is 0 Å². The molecule has 2 heterocycles. The molecular formula is C20H19F2N7O3. The monoisotopic (exact) mass is 443 g/mol. The standard InChI is InChI=1S/C20H19F2N7O3/c1-11-4-6-14(9-15(11)29-12(2)25-27-28-29)23-10-18-24-19(26-32-18)13-5-7-16(31-20(21)22)17(8-13)30-3/h4-9,20,23H,10H2,1-3H3. The van der Waals surface area contributed by atoms with Crippen LogP contribution in [0.4, 0.5) is 14.5 Å². The molecule has 0 aliphatic carbocycles. The van der Waals surface area contributed by atoms with Crippen LogP contribution in [0, 0.1) is 13.8 Å². The van der Waals surface area contributed by atoms with E-state index in [0.29, 0.717) is 17.3 Å². The lowest BCUT2D eigenvalue weighted by Crippen LogP contribution is -2.05. The number of hydrogen-bond acceptors (Lipinski definition) is 9. The number of anilines is 1. The second-order valence-electron chi connectivity index (χ2n) is 6.75. The number of tetrazole rings is 1. The highest BCUT2D eigenvalue weighted by atomic mass is 19.3. The van der Waals surface area contributed by atoms with E-state index in [9.17, 15) is 8.78 Å². The number of aryl methyl sites for hydroxylation is 2. The predicted molar refractivity (Wildman–Crippen MR) is 109 cm³/mol. The maximum Gasteiger partial charge on any atom is 0.387 e. The number of nitrogens with zero attached hydrogens (tertiary/aromatic N) is 6. The second kappa shape index (κ2) is 8.96. The van der Waals surface area contributed by atoms with Crippen molar-refractivity contribution in [2.75, 3.05) is 12.4 Å². The van der Waals surface area contributed by atoms with Crippen LogP contribution in [-0.2, 0) is 6.54 Å². The molecule has 0 fully saturated rings. The zero-order valence-corrected chi connectivity index (χ0v) is 17.4. The van der Waals surface area contributed by atoms with E-state index >= 15 is 0 Å². The van der Waals surface area contributed by atoms with Gasteiger partial charge in [0.2, 0.25) is 11.7 Å². The summed E-state index contributed by atoms with van der Waals surface area (Å²) in [6, 6.07) is 10.2. The first-order valence-electron chi connectivity index (χ1n) is 9.50. The van der Waals surface area contributed by atoms with Gasteiger partial charge in [0, 0.05) is 11.3 Å². The summed E-state index contributed by atoms with van der Waals surface area (Å²) < 4.78 is 41.5. The molecule has 0 saturated heterocycles. The van der Waals surface area contributed by atoms with Crippen LogP contribution in [0.2, 0.25) is 0 Å². The summed E-state index contributed by atoms with van der Waals surface area (Å²) in [5, 5.41) is 18.8. The average molecular weight is 443 g/mol. The molecule has 166 valence electrons. The van der Waals surface area contributed by atoms with Gasteiger partial charge in [-0.1, -0.05) is 11.2 Å². The largest absolute Gasteiger partial charge is 0.493 e. The molecule has 10 nitrogen and oxygen atoms in total. The van der Waals surface area contributed by atoms with Gasteiger partial charge in [0.15, 0.2) is 17.3 Å². The molecule has 4 aromatic rings. The molecule has 0 saturated carbocycles. The van der Waals surface area contributed by atoms with E-state index in [1.807, 2.05) is 32.0 Å². The van der Waals surface area contributed by atoms with Crippen molar-refractivity contribution in [1.82, 2.24) is 30.3 Å². The van der Waals surface area contributed by atoms with E-state index in [4.69, 9.17) is 9.26 Å². The summed E-state index contributed by atoms with van der Waals surface area (Å²) in [7, 11) is 1.36. The lowest BCUT2D eigenvalue weighted by molar-refractivity contribution is -0.0512. The van der Waals surface area contributed by atoms with Crippen LogP contribution in [0.15, 0.2) is 40.9 Å². The number of benzene rings is 2. The Balaban J connectivity index is 1.48. The summed E-state index contributed by atoms with van der Waals surface area (Å²) >= 11 is 0. The highest BCUT2D eigenvalue weighted by molar-refractivity contribution is 5.61. The molecule has 0 atom stereocenters. The minimum absolute atomic E-state index is 0.0790. The zero-order valence-electron chi connectivity index (χ0n) is 17.4. The first kappa shape index (κ1) is 21.2. The Hall–Kier alpha value is -4.09. The molecule has 0 unspecified atom stereocenters. The highest BCUT2D eigenvalue weighted by Crippen LogP contribution is 2.32. The number of alkyl halides is 2. The van der Waals surface area contributed by atoms with E-state index in [-0.39, 0.29) is 23.9 Å². The van der Waals surface area contributed by atoms with Gasteiger partial charge in [-0.05, 0) is 60.2 Å². The molecule has 1 N–H and O–H groups in total. The zero-order chi connectivity index (χ0) is 22.7. The van der Waals surface area contributed by atoms with Gasteiger partial charge in [-0.3, -0.25) is 0 Å². The van der Waals surface area contributed by atoms with Crippen LogP contribution in [0.1, 0.15) is 17.3 Å². The number of ether oxygens (including phenoxy) is 2. The Labute approximate surface area is 181 Å². The predicted octanol–water partition coefficient (Wildman–Crippen LogP) is 3.55. The normalized spacial score (nSPS) is 11.1. The molecule has 0 aliphatic heterocycles. The van der Waals surface area contributed by atoms with E-state index in [2.05, 4.69) is 35.7 Å². The van der Waals surface area contributed by atoms with Crippen molar-refractivity contribution in [3.05, 3.63) is 53.7 Å². The maximum absolute atomic E-state index is 12.5. The van der Waals surface area contributed by atoms with Crippen molar-refractivity contribution < 1.29 is 22.8 Å². The number of hydrogen-bond donors (Lipinski definition) is 1. The molecule has 2 aromatic heterocycles. The van der Waals surface area contributed by atoms with Gasteiger partial charge in [-0.25, -0.2) is 0 Å². The van der Waals surface area contributed by atoms with Crippen molar-refractivity contribution in [3.63, 3.8) is 0 Å². The van der Waals surface area contributed by atoms with Crippen molar-refractivity contribution >= 4 is 5.69 Å². The Morgan fingerprint density at radius 3 is 2.69 bits per heavy atom. The molecule has 12 heteroatoms. The first-order valence-corrected chi connectivity index (χ1v) is 9.50. The van der Waals surface area contributed by atoms with E-state index in [1.165, 1.54) is 19.2 Å². The van der Waals surface area contributed by atoms with Crippen LogP contribution in [-0.4, -0.2) is 44.1 Å². The minimum atomic E-state index is -2.95. The van der Waals surface area contributed by atoms with E-state index < -0.39 is 6.61 Å². The third-order valence-electron chi connectivity index (χ3n) is 4.61. The summed E-state index contributed by atoms with van der Waals surface area (Å²) in [6.07, 6.45) is 0. The summed E-state index contributed by atoms with van der Waals surface area (Å²) in [4.78, 5) is 4.34. The van der Waals surface area contributed by atoms with Crippen LogP contribution in [0.25, 0.3) is 17.1 Å². The van der Waals surface area contributed by atoms with Crippen molar-refractivity contribution in [3.8, 4) is 28.6 Å². The van der Waals surface area contributed by atoms with Crippen molar-refractivity contribution in [2.24, 2.45) is 0 Å². The molecule has 0 radical (unpaired) electrons. The topological polar surface area (TPSA) is 113 Å². The SMILES string of the molecule is COc1cc(-c2noc(CNc3ccc(C)c(-n4nnnc4C)c3)n2)ccc1OC(F)F. The number of halogens is 2. The Morgan fingerprint density at radius 1 is 1.12 bits per heavy atom. The van der Waals surface area contributed by atoms with Crippen LogP contribution < -0.4 is 14.8 Å². The highest BCUT2D eigenvalue weighted by Gasteiger charge is 2.15. The lowest BCUT2D eigenvalue weighted by Gasteiger charge is -2.10. The molecule has 0 amide bonds. The first-order chi connectivity index (χ1) is 15.4. The molecule has 2 aromatic carbocycles. The van der Waals surface area contributed by atoms with Gasteiger partial charge in [0.25, 0.3) is 0 Å². The minimum Gasteiger partial charge on any atom is -0.493 e. The van der Waals surface area contributed by atoms with Gasteiger partial charge in [-0.15, -0.1) is 5.10 Å². The average Bonchev–Trinajstić information content (AvgIpc) is 3.42. The van der Waals surface area contributed by atoms with Crippen molar-refractivity contribution in [1.29, 1.82) is 0 Å². The summed E-state index contributed by atoms with van der Waals surface area (Å²) in [6.45, 7) is 1.11. The van der Waals surface area contributed by atoms with Gasteiger partial charge in [0.1, 0.15) is 0 Å². The number of rotatable bonds is 8. The quantitative estimate of drug-likeness (QED) is 0.437. The summed E-state index contributed by atoms with van der Waals surface area (Å²) in [5.74, 6) is 1.36. The van der Waals surface area contributed by atoms with Gasteiger partial charge in [0.05, 0.1) is 19.3 Å². The molecule has 32 heavy (non-hydrogen) atoms. The number of nitrogens with one attached hydrogen (secondary N) is 1. The Kier molecular flexibility index (Phi) is 5.92. The second-order valence-corrected chi connectivity index (χ2v) is 6.75. The molecule has 0 spiro atoms. The van der Waals surface area contributed by atoms with E-state index in [0.717, 1.165) is 16.9 Å². The summed E-state index contributed by atoms with van der Waals surface area (Å²) in [5.41, 5.74) is 3.21. The van der Waals surface area contributed by atoms with Crippen LogP contribution in [0.5, 0.6) is 11.5 Å². The molecule has 0 aliphatic rings. The molecule has 0 bridgehead atoms. The van der Waals surface area contributed by atoms with Gasteiger partial charge in [-0.2, -0.15) is 18.4 Å². The van der Waals surface area contributed by atoms with Gasteiger partial charge >= 0.3 is 6.61 Å². The third kappa shape index (κ3) is 4.48. The maximum atomic E-state index is 12.5. The van der Waals surface area contributed by atoms with Crippen molar-refractivity contribution in [2.45, 2.75) is 27.0 Å². The van der Waals surface area contributed by atoms with E-state index in [1.54, 1.807) is 10.7 Å². The fourth-order valence-electron chi connectivity index (χ4n) is 3.02. The number of methoxy groups -OCH3 is 1. The van der Waals surface area contributed by atoms with Crippen LogP contribution in [0.3, 0.4) is 0 Å². The van der Waals surface area contributed by atoms with Gasteiger partial charge < -0.3 is 19.3 Å².